The van der Waals surface area contributed by atoms with Crippen molar-refractivity contribution in [3.05, 3.63) is 39.1 Å². The molecule has 1 aliphatic heterocycles. The Morgan fingerprint density at radius 3 is 2.77 bits per heavy atom. The average Bonchev–Trinajstić information content (AvgIpc) is 3.07. The Bertz CT molecular complexity index is 990. The molecule has 0 spiro atoms. The average molecular weight is 420 g/mol. The molecule has 136 valence electrons. The monoisotopic (exact) mass is 419 g/mol. The minimum atomic E-state index is -0.339. The summed E-state index contributed by atoms with van der Waals surface area (Å²) in [6.07, 6.45) is 1.29. The predicted octanol–water partition coefficient (Wildman–Crippen LogP) is 1.84. The Labute approximate surface area is 157 Å². The number of H-pyrrole nitrogens is 1. The molecule has 3 heterocycles. The van der Waals surface area contributed by atoms with Crippen LogP contribution in [0, 0.1) is 0 Å². The van der Waals surface area contributed by atoms with Gasteiger partial charge in [0.05, 0.1) is 30.7 Å². The molecule has 0 aliphatic carbocycles. The van der Waals surface area contributed by atoms with Crippen LogP contribution in [0.3, 0.4) is 0 Å². The molecule has 1 aromatic carbocycles. The molecule has 0 amide bonds. The first kappa shape index (κ1) is 17.2. The Hall–Kier alpha value is -2.23. The first-order valence-electron chi connectivity index (χ1n) is 8.33. The molecule has 4 N–H and O–H groups in total. The fourth-order valence-corrected chi connectivity index (χ4v) is 3.58. The number of nitrogens with zero attached hydrogens (tertiary/aromatic N) is 3. The van der Waals surface area contributed by atoms with Gasteiger partial charge in [-0.3, -0.25) is 9.48 Å². The van der Waals surface area contributed by atoms with E-state index in [-0.39, 0.29) is 30.1 Å². The molecule has 1 saturated heterocycles. The number of ether oxygens (including phenoxy) is 1. The zero-order valence-corrected chi connectivity index (χ0v) is 15.4. The van der Waals surface area contributed by atoms with Crippen LogP contribution in [0.25, 0.3) is 22.2 Å². The first-order chi connectivity index (χ1) is 12.6. The number of halogens is 1. The summed E-state index contributed by atoms with van der Waals surface area (Å²) in [4.78, 5) is 12.5. The number of aromatic nitrogens is 4. The number of hydrogen-bond donors (Lipinski definition) is 3. The van der Waals surface area contributed by atoms with Crippen molar-refractivity contribution < 1.29 is 9.84 Å². The third-order valence-electron chi connectivity index (χ3n) is 4.67. The number of nitrogen functional groups attached to an aromatic ring is 1. The van der Waals surface area contributed by atoms with E-state index in [0.717, 1.165) is 16.5 Å². The maximum Gasteiger partial charge on any atom is 0.290 e. The molecule has 9 heteroatoms. The van der Waals surface area contributed by atoms with E-state index in [2.05, 4.69) is 26.1 Å². The van der Waals surface area contributed by atoms with Crippen LogP contribution in [-0.2, 0) is 4.74 Å². The molecule has 2 aromatic heterocycles. The van der Waals surface area contributed by atoms with Crippen molar-refractivity contribution in [1.29, 1.82) is 0 Å². The fourth-order valence-electron chi connectivity index (χ4n) is 3.32. The van der Waals surface area contributed by atoms with Gasteiger partial charge in [-0.15, -0.1) is 0 Å². The van der Waals surface area contributed by atoms with E-state index in [0.29, 0.717) is 29.6 Å². The first-order valence-corrected chi connectivity index (χ1v) is 9.12. The quantitative estimate of drug-likeness (QED) is 0.595. The molecule has 2 unspecified atom stereocenters. The highest BCUT2D eigenvalue weighted by Crippen LogP contribution is 2.33. The number of nitrogens with two attached hydrogens (primary N) is 1. The molecule has 1 aliphatic rings. The van der Waals surface area contributed by atoms with E-state index in [1.54, 1.807) is 4.68 Å². The molecule has 2 atom stereocenters. The van der Waals surface area contributed by atoms with E-state index in [4.69, 9.17) is 15.6 Å². The molecule has 0 radical (unpaired) electrons. The summed E-state index contributed by atoms with van der Waals surface area (Å²) in [5.74, 6) is 0.230. The maximum absolute atomic E-state index is 12.5. The highest BCUT2D eigenvalue weighted by atomic mass is 79.9. The third-order valence-corrected chi connectivity index (χ3v) is 5.20. The van der Waals surface area contributed by atoms with Crippen molar-refractivity contribution in [2.75, 3.05) is 18.9 Å². The topological polar surface area (TPSA) is 119 Å². The number of hydrogen-bond acceptors (Lipinski definition) is 6. The van der Waals surface area contributed by atoms with Crippen molar-refractivity contribution in [3.63, 3.8) is 0 Å². The van der Waals surface area contributed by atoms with Crippen LogP contribution in [0.15, 0.2) is 33.5 Å². The van der Waals surface area contributed by atoms with E-state index in [1.165, 1.54) is 0 Å². The summed E-state index contributed by atoms with van der Waals surface area (Å²) in [6, 6.07) is 7.54. The van der Waals surface area contributed by atoms with Crippen LogP contribution in [0.2, 0.25) is 0 Å². The number of rotatable bonds is 3. The van der Waals surface area contributed by atoms with Gasteiger partial charge in [-0.05, 0) is 25.0 Å². The van der Waals surface area contributed by atoms with E-state index in [9.17, 15) is 9.90 Å². The molecule has 8 nitrogen and oxygen atoms in total. The molecule has 3 aromatic rings. The van der Waals surface area contributed by atoms with Crippen LogP contribution in [0.1, 0.15) is 18.9 Å². The molecule has 0 bridgehead atoms. The summed E-state index contributed by atoms with van der Waals surface area (Å²) in [7, 11) is 0. The maximum atomic E-state index is 12.5. The van der Waals surface area contributed by atoms with Crippen molar-refractivity contribution in [2.45, 2.75) is 25.0 Å². The van der Waals surface area contributed by atoms with Crippen LogP contribution < -0.4 is 11.3 Å². The normalized spacial score (nSPS) is 20.5. The number of aliphatic hydroxyl groups is 1. The standard InChI is InChI=1S/C17H18BrN5O3/c18-10-3-1-9(2-4-10)14-13-15(17(25)21-20-16(13)19)23(22-14)11-5-6-12(7-24)26-8-11/h1-4,11-12,24H,5-8H2,(H2,19,20)(H,21,25). The number of nitrogens with one attached hydrogen (secondary N) is 1. The van der Waals surface area contributed by atoms with E-state index < -0.39 is 0 Å². The van der Waals surface area contributed by atoms with Gasteiger partial charge in [0.15, 0.2) is 5.82 Å². The van der Waals surface area contributed by atoms with Gasteiger partial charge >= 0.3 is 0 Å². The molecule has 1 fully saturated rings. The molecule has 4 rings (SSSR count). The minimum Gasteiger partial charge on any atom is -0.394 e. The number of aromatic amines is 1. The Balaban J connectivity index is 1.87. The minimum absolute atomic E-state index is 0.00578. The van der Waals surface area contributed by atoms with Gasteiger partial charge in [-0.1, -0.05) is 28.1 Å². The molecular weight excluding hydrogens is 402 g/mol. The predicted molar refractivity (Wildman–Crippen MR) is 101 cm³/mol. The van der Waals surface area contributed by atoms with Crippen molar-refractivity contribution >= 4 is 32.7 Å². The lowest BCUT2D eigenvalue weighted by molar-refractivity contribution is -0.0403. The second kappa shape index (κ2) is 6.82. The van der Waals surface area contributed by atoms with Crippen molar-refractivity contribution in [2.24, 2.45) is 0 Å². The number of fused-ring (bicyclic) bond motifs is 1. The number of aliphatic hydroxyl groups excluding tert-OH is 1. The summed E-state index contributed by atoms with van der Waals surface area (Å²) < 4.78 is 8.31. The van der Waals surface area contributed by atoms with Gasteiger partial charge in [0.1, 0.15) is 11.2 Å². The lowest BCUT2D eigenvalue weighted by Gasteiger charge is -2.28. The van der Waals surface area contributed by atoms with Gasteiger partial charge in [0, 0.05) is 10.0 Å². The third kappa shape index (κ3) is 2.91. The highest BCUT2D eigenvalue weighted by molar-refractivity contribution is 9.10. The van der Waals surface area contributed by atoms with Crippen LogP contribution >= 0.6 is 15.9 Å². The molecule has 26 heavy (non-hydrogen) atoms. The zero-order chi connectivity index (χ0) is 18.3. The number of benzene rings is 1. The second-order valence-corrected chi connectivity index (χ2v) is 7.25. The Kier molecular flexibility index (Phi) is 4.51. The van der Waals surface area contributed by atoms with Crippen molar-refractivity contribution in [3.8, 4) is 11.3 Å². The van der Waals surface area contributed by atoms with Gasteiger partial charge in [0.25, 0.3) is 5.56 Å². The van der Waals surface area contributed by atoms with Crippen LogP contribution in [0.4, 0.5) is 5.82 Å². The Morgan fingerprint density at radius 1 is 1.35 bits per heavy atom. The highest BCUT2D eigenvalue weighted by Gasteiger charge is 2.28. The second-order valence-electron chi connectivity index (χ2n) is 6.33. The van der Waals surface area contributed by atoms with Crippen molar-refractivity contribution in [1.82, 2.24) is 20.0 Å². The largest absolute Gasteiger partial charge is 0.394 e. The lowest BCUT2D eigenvalue weighted by Crippen LogP contribution is -2.31. The molecular formula is C17H18BrN5O3. The SMILES string of the molecule is Nc1n[nH]c(=O)c2c1c(-c1ccc(Br)cc1)nn2C1CCC(CO)OC1. The zero-order valence-electron chi connectivity index (χ0n) is 13.9. The summed E-state index contributed by atoms with van der Waals surface area (Å²) in [5, 5.41) is 20.8. The van der Waals surface area contributed by atoms with Gasteiger partial charge in [-0.2, -0.15) is 10.2 Å². The van der Waals surface area contributed by atoms with E-state index >= 15 is 0 Å². The Morgan fingerprint density at radius 2 is 2.12 bits per heavy atom. The van der Waals surface area contributed by atoms with Gasteiger partial charge < -0.3 is 15.6 Å². The lowest BCUT2D eigenvalue weighted by atomic mass is 10.1. The summed E-state index contributed by atoms with van der Waals surface area (Å²) >= 11 is 3.42. The smallest absolute Gasteiger partial charge is 0.290 e. The van der Waals surface area contributed by atoms with Crippen LogP contribution in [0.5, 0.6) is 0 Å². The summed E-state index contributed by atoms with van der Waals surface area (Å²) in [6.45, 7) is 0.373. The van der Waals surface area contributed by atoms with Gasteiger partial charge in [0.2, 0.25) is 0 Å². The number of anilines is 1. The molecule has 0 saturated carbocycles. The van der Waals surface area contributed by atoms with E-state index in [1.807, 2.05) is 24.3 Å². The summed E-state index contributed by atoms with van der Waals surface area (Å²) in [5.41, 5.74) is 7.59. The van der Waals surface area contributed by atoms with Crippen LogP contribution in [-0.4, -0.2) is 44.4 Å². The fraction of sp³-hybridized carbons (Fsp3) is 0.353. The van der Waals surface area contributed by atoms with Gasteiger partial charge in [-0.25, -0.2) is 5.10 Å².